The summed E-state index contributed by atoms with van der Waals surface area (Å²) in [5.41, 5.74) is 0. The third-order valence-corrected chi connectivity index (χ3v) is 4.46. The van der Waals surface area contributed by atoms with E-state index in [9.17, 15) is 14.7 Å². The summed E-state index contributed by atoms with van der Waals surface area (Å²) < 4.78 is 0. The number of carboxylic acid groups (broad SMARTS) is 1. The number of carboxylic acids is 1. The lowest BCUT2D eigenvalue weighted by molar-refractivity contribution is -0.149. The molecule has 5 nitrogen and oxygen atoms in total. The summed E-state index contributed by atoms with van der Waals surface area (Å²) in [6.45, 7) is 6.29. The van der Waals surface area contributed by atoms with Crippen molar-refractivity contribution in [1.29, 1.82) is 0 Å². The van der Waals surface area contributed by atoms with E-state index in [0.29, 0.717) is 18.9 Å². The number of likely N-dealkylation sites (tertiary alicyclic amines) is 2. The van der Waals surface area contributed by atoms with Gasteiger partial charge in [-0.3, -0.25) is 14.5 Å². The second-order valence-corrected chi connectivity index (χ2v) is 5.93. The highest BCUT2D eigenvalue weighted by Crippen LogP contribution is 2.25. The van der Waals surface area contributed by atoms with Crippen molar-refractivity contribution < 1.29 is 14.7 Å². The summed E-state index contributed by atoms with van der Waals surface area (Å²) in [6.07, 6.45) is 3.75. The van der Waals surface area contributed by atoms with Gasteiger partial charge in [0.1, 0.15) is 6.04 Å². The van der Waals surface area contributed by atoms with Crippen molar-refractivity contribution in [2.45, 2.75) is 51.6 Å². The minimum Gasteiger partial charge on any atom is -0.480 e. The highest BCUT2D eigenvalue weighted by atomic mass is 16.4. The van der Waals surface area contributed by atoms with Gasteiger partial charge in [-0.05, 0) is 38.5 Å². The number of carbonyl (C=O) groups excluding carboxylic acids is 1. The minimum atomic E-state index is -0.798. The molecule has 0 bridgehead atoms. The number of carbonyl (C=O) groups is 2. The number of piperidine rings is 1. The lowest BCUT2D eigenvalue weighted by atomic mass is 9.91. The normalized spacial score (nSPS) is 30.3. The molecule has 0 radical (unpaired) electrons. The second-order valence-electron chi connectivity index (χ2n) is 5.93. The van der Waals surface area contributed by atoms with Crippen molar-refractivity contribution in [3.63, 3.8) is 0 Å². The molecule has 5 heteroatoms. The van der Waals surface area contributed by atoms with E-state index in [0.717, 1.165) is 32.4 Å². The lowest BCUT2D eigenvalue weighted by Crippen LogP contribution is -2.55. The predicted molar refractivity (Wildman–Crippen MR) is 71.8 cm³/mol. The van der Waals surface area contributed by atoms with Crippen LogP contribution in [0.1, 0.15) is 39.5 Å². The Morgan fingerprint density at radius 2 is 1.84 bits per heavy atom. The maximum atomic E-state index is 12.4. The molecule has 2 fully saturated rings. The summed E-state index contributed by atoms with van der Waals surface area (Å²) in [5, 5.41) is 9.36. The van der Waals surface area contributed by atoms with Gasteiger partial charge in [-0.15, -0.1) is 0 Å². The van der Waals surface area contributed by atoms with E-state index in [4.69, 9.17) is 0 Å². The van der Waals surface area contributed by atoms with Gasteiger partial charge in [0.25, 0.3) is 0 Å². The van der Waals surface area contributed by atoms with Gasteiger partial charge in [0.05, 0.1) is 6.04 Å². The first kappa shape index (κ1) is 14.3. The molecule has 3 atom stereocenters. The van der Waals surface area contributed by atoms with Crippen LogP contribution in [0.4, 0.5) is 0 Å². The first-order valence-electron chi connectivity index (χ1n) is 7.28. The first-order chi connectivity index (χ1) is 9.00. The highest BCUT2D eigenvalue weighted by Gasteiger charge is 2.38. The molecule has 2 aliphatic rings. The fraction of sp³-hybridized carbons (Fsp3) is 0.857. The number of amides is 1. The van der Waals surface area contributed by atoms with Gasteiger partial charge in [0.15, 0.2) is 0 Å². The maximum Gasteiger partial charge on any atom is 0.320 e. The van der Waals surface area contributed by atoms with Crippen LogP contribution in [0, 0.1) is 5.92 Å². The zero-order valence-electron chi connectivity index (χ0n) is 11.8. The van der Waals surface area contributed by atoms with Crippen LogP contribution in [0.25, 0.3) is 0 Å². The van der Waals surface area contributed by atoms with Crippen LogP contribution in [-0.4, -0.2) is 58.5 Å². The quantitative estimate of drug-likeness (QED) is 0.835. The molecule has 0 aliphatic carbocycles. The summed E-state index contributed by atoms with van der Waals surface area (Å²) >= 11 is 0. The molecule has 108 valence electrons. The molecule has 3 unspecified atom stereocenters. The Morgan fingerprint density at radius 1 is 1.21 bits per heavy atom. The van der Waals surface area contributed by atoms with Crippen molar-refractivity contribution in [2.75, 3.05) is 19.6 Å². The molecule has 2 aliphatic heterocycles. The molecule has 0 saturated carbocycles. The van der Waals surface area contributed by atoms with E-state index < -0.39 is 12.0 Å². The van der Waals surface area contributed by atoms with Gasteiger partial charge in [-0.25, -0.2) is 0 Å². The van der Waals surface area contributed by atoms with E-state index in [1.807, 2.05) is 16.7 Å². The molecule has 0 aromatic heterocycles. The largest absolute Gasteiger partial charge is 0.480 e. The molecular formula is C14H24N2O3. The zero-order valence-corrected chi connectivity index (χ0v) is 11.8. The maximum absolute atomic E-state index is 12.4. The summed E-state index contributed by atoms with van der Waals surface area (Å²) in [4.78, 5) is 27.5. The van der Waals surface area contributed by atoms with E-state index in [-0.39, 0.29) is 11.9 Å². The molecule has 2 heterocycles. The van der Waals surface area contributed by atoms with Crippen molar-refractivity contribution in [3.05, 3.63) is 0 Å². The van der Waals surface area contributed by atoms with Crippen LogP contribution in [0.2, 0.25) is 0 Å². The summed E-state index contributed by atoms with van der Waals surface area (Å²) in [5.74, 6) is -0.280. The van der Waals surface area contributed by atoms with Crippen molar-refractivity contribution in [2.24, 2.45) is 5.92 Å². The smallest absolute Gasteiger partial charge is 0.320 e. The lowest BCUT2D eigenvalue weighted by Gasteiger charge is -2.40. The van der Waals surface area contributed by atoms with Gasteiger partial charge in [0, 0.05) is 19.6 Å². The summed E-state index contributed by atoms with van der Waals surface area (Å²) in [6, 6.07) is -0.822. The fourth-order valence-electron chi connectivity index (χ4n) is 3.21. The molecule has 2 saturated heterocycles. The van der Waals surface area contributed by atoms with Crippen LogP contribution < -0.4 is 0 Å². The third kappa shape index (κ3) is 3.08. The van der Waals surface area contributed by atoms with Crippen LogP contribution in [0.3, 0.4) is 0 Å². The van der Waals surface area contributed by atoms with E-state index >= 15 is 0 Å². The van der Waals surface area contributed by atoms with Gasteiger partial charge in [-0.2, -0.15) is 0 Å². The molecule has 19 heavy (non-hydrogen) atoms. The van der Waals surface area contributed by atoms with Gasteiger partial charge in [-0.1, -0.05) is 6.92 Å². The molecule has 1 amide bonds. The van der Waals surface area contributed by atoms with Crippen LogP contribution >= 0.6 is 0 Å². The molecule has 0 aromatic rings. The van der Waals surface area contributed by atoms with Crippen molar-refractivity contribution in [3.8, 4) is 0 Å². The molecule has 2 rings (SSSR count). The molecule has 0 aromatic carbocycles. The van der Waals surface area contributed by atoms with Crippen LogP contribution in [0.5, 0.6) is 0 Å². The Bertz CT molecular complexity index is 353. The predicted octanol–water partition coefficient (Wildman–Crippen LogP) is 1.18. The van der Waals surface area contributed by atoms with Gasteiger partial charge in [0.2, 0.25) is 5.91 Å². The van der Waals surface area contributed by atoms with E-state index in [1.165, 1.54) is 0 Å². The molecular weight excluding hydrogens is 244 g/mol. The van der Waals surface area contributed by atoms with Gasteiger partial charge >= 0.3 is 5.97 Å². The monoisotopic (exact) mass is 268 g/mol. The first-order valence-corrected chi connectivity index (χ1v) is 7.28. The standard InChI is InChI=1S/C14H24N2O3/c1-10-5-8-16(12(9-10)14(18)19)11(2)13(17)15-6-3-4-7-15/h10-12H,3-9H2,1-2H3,(H,18,19). The molecule has 1 N–H and O–H groups in total. The summed E-state index contributed by atoms with van der Waals surface area (Å²) in [7, 11) is 0. The SMILES string of the molecule is CC1CCN(C(C)C(=O)N2CCCC2)C(C(=O)O)C1. The Hall–Kier alpha value is -1.10. The highest BCUT2D eigenvalue weighted by molar-refractivity contribution is 5.83. The Morgan fingerprint density at radius 3 is 2.42 bits per heavy atom. The van der Waals surface area contributed by atoms with Crippen LogP contribution in [0.15, 0.2) is 0 Å². The third-order valence-electron chi connectivity index (χ3n) is 4.46. The average Bonchev–Trinajstić information content (AvgIpc) is 2.90. The number of aliphatic carboxylic acids is 1. The average molecular weight is 268 g/mol. The number of hydrogen-bond donors (Lipinski definition) is 1. The number of rotatable bonds is 3. The Balaban J connectivity index is 2.05. The van der Waals surface area contributed by atoms with Crippen molar-refractivity contribution >= 4 is 11.9 Å². The zero-order chi connectivity index (χ0) is 14.0. The number of nitrogens with zero attached hydrogens (tertiary/aromatic N) is 2. The molecule has 0 spiro atoms. The topological polar surface area (TPSA) is 60.9 Å². The fourth-order valence-corrected chi connectivity index (χ4v) is 3.21. The van der Waals surface area contributed by atoms with E-state index in [1.54, 1.807) is 0 Å². The minimum absolute atomic E-state index is 0.0957. The Kier molecular flexibility index (Phi) is 4.45. The van der Waals surface area contributed by atoms with Crippen LogP contribution in [-0.2, 0) is 9.59 Å². The van der Waals surface area contributed by atoms with E-state index in [2.05, 4.69) is 6.92 Å². The Labute approximate surface area is 114 Å². The van der Waals surface area contributed by atoms with Crippen molar-refractivity contribution in [1.82, 2.24) is 9.80 Å². The second kappa shape index (κ2) is 5.90. The van der Waals surface area contributed by atoms with Gasteiger partial charge < -0.3 is 10.0 Å². The number of hydrogen-bond acceptors (Lipinski definition) is 3.